The summed E-state index contributed by atoms with van der Waals surface area (Å²) in [4.78, 5) is 0. The molecule has 0 aromatic heterocycles. The normalized spacial score (nSPS) is 22.5. The van der Waals surface area contributed by atoms with Crippen molar-refractivity contribution in [3.8, 4) is 11.5 Å². The van der Waals surface area contributed by atoms with E-state index in [1.807, 2.05) is 18.2 Å². The topological polar surface area (TPSA) is 30.5 Å². The van der Waals surface area contributed by atoms with Crippen LogP contribution >= 0.6 is 0 Å². The molecule has 1 aliphatic rings. The van der Waals surface area contributed by atoms with Gasteiger partial charge in [0.05, 0.1) is 19.9 Å². The summed E-state index contributed by atoms with van der Waals surface area (Å²) in [6.45, 7) is 4.60. The van der Waals surface area contributed by atoms with Crippen molar-refractivity contribution in [1.29, 1.82) is 0 Å². The molecule has 1 aliphatic carbocycles. The minimum atomic E-state index is 0.583. The second-order valence-corrected chi connectivity index (χ2v) is 5.38. The number of rotatable bonds is 5. The van der Waals surface area contributed by atoms with Crippen molar-refractivity contribution in [2.45, 2.75) is 32.7 Å². The Hall–Kier alpha value is -1.38. The maximum absolute atomic E-state index is 5.39. The maximum Gasteiger partial charge on any atom is 0.145 e. The summed E-state index contributed by atoms with van der Waals surface area (Å²) in [5, 5.41) is 3.55. The number of ether oxygens (including phenoxy) is 2. The molecule has 0 heterocycles. The molecule has 0 unspecified atom stereocenters. The molecular weight excluding hydrogens is 226 g/mol. The average Bonchev–Trinajstić information content (AvgIpc) is 2.32. The SMILES string of the molecule is COc1ccc(NC2CC(C(C)C)C2)c(OC)c1. The number of anilines is 1. The second-order valence-electron chi connectivity index (χ2n) is 5.38. The summed E-state index contributed by atoms with van der Waals surface area (Å²) >= 11 is 0. The fraction of sp³-hybridized carbons (Fsp3) is 0.600. The van der Waals surface area contributed by atoms with Gasteiger partial charge in [-0.3, -0.25) is 0 Å². The third-order valence-electron chi connectivity index (χ3n) is 3.89. The highest BCUT2D eigenvalue weighted by Gasteiger charge is 2.31. The van der Waals surface area contributed by atoms with Crippen LogP contribution in [0.5, 0.6) is 11.5 Å². The summed E-state index contributed by atoms with van der Waals surface area (Å²) in [5.41, 5.74) is 1.06. The lowest BCUT2D eigenvalue weighted by Gasteiger charge is -2.39. The molecule has 1 N–H and O–H groups in total. The van der Waals surface area contributed by atoms with Gasteiger partial charge in [-0.05, 0) is 36.8 Å². The van der Waals surface area contributed by atoms with Crippen molar-refractivity contribution in [1.82, 2.24) is 0 Å². The van der Waals surface area contributed by atoms with Gasteiger partial charge in [0.25, 0.3) is 0 Å². The van der Waals surface area contributed by atoms with Gasteiger partial charge in [-0.15, -0.1) is 0 Å². The predicted molar refractivity (Wildman–Crippen MR) is 74.5 cm³/mol. The number of nitrogens with one attached hydrogen (secondary N) is 1. The molecular formula is C15H23NO2. The highest BCUT2D eigenvalue weighted by Crippen LogP contribution is 2.38. The van der Waals surface area contributed by atoms with Crippen LogP contribution < -0.4 is 14.8 Å². The van der Waals surface area contributed by atoms with E-state index in [0.29, 0.717) is 6.04 Å². The summed E-state index contributed by atoms with van der Waals surface area (Å²) in [6.07, 6.45) is 2.51. The van der Waals surface area contributed by atoms with Gasteiger partial charge in [-0.25, -0.2) is 0 Å². The molecule has 0 aliphatic heterocycles. The smallest absolute Gasteiger partial charge is 0.145 e. The number of benzene rings is 1. The highest BCUT2D eigenvalue weighted by molar-refractivity contribution is 5.59. The Bertz CT molecular complexity index is 397. The lowest BCUT2D eigenvalue weighted by molar-refractivity contribution is 0.211. The van der Waals surface area contributed by atoms with Gasteiger partial charge in [-0.1, -0.05) is 13.8 Å². The number of hydrogen-bond acceptors (Lipinski definition) is 3. The summed E-state index contributed by atoms with van der Waals surface area (Å²) < 4.78 is 10.6. The molecule has 0 saturated heterocycles. The van der Waals surface area contributed by atoms with Crippen molar-refractivity contribution in [2.75, 3.05) is 19.5 Å². The molecule has 0 radical (unpaired) electrons. The van der Waals surface area contributed by atoms with E-state index in [4.69, 9.17) is 9.47 Å². The Kier molecular flexibility index (Phi) is 4.00. The van der Waals surface area contributed by atoms with Crippen LogP contribution in [-0.4, -0.2) is 20.3 Å². The highest BCUT2D eigenvalue weighted by atomic mass is 16.5. The van der Waals surface area contributed by atoms with E-state index in [1.54, 1.807) is 14.2 Å². The standard InChI is InChI=1S/C15H23NO2/c1-10(2)11-7-12(8-11)16-14-6-5-13(17-3)9-15(14)18-4/h5-6,9-12,16H,7-8H2,1-4H3. The second kappa shape index (κ2) is 5.51. The lowest BCUT2D eigenvalue weighted by Crippen LogP contribution is -2.37. The molecule has 0 bridgehead atoms. The molecule has 100 valence electrons. The first-order chi connectivity index (χ1) is 8.63. The van der Waals surface area contributed by atoms with Crippen LogP contribution in [0.4, 0.5) is 5.69 Å². The van der Waals surface area contributed by atoms with Gasteiger partial charge in [0, 0.05) is 12.1 Å². The van der Waals surface area contributed by atoms with Crippen LogP contribution in [0.15, 0.2) is 18.2 Å². The fourth-order valence-corrected chi connectivity index (χ4v) is 2.46. The Labute approximate surface area is 109 Å². The predicted octanol–water partition coefficient (Wildman–Crippen LogP) is 3.55. The first kappa shape index (κ1) is 13.1. The molecule has 18 heavy (non-hydrogen) atoms. The average molecular weight is 249 g/mol. The first-order valence-electron chi connectivity index (χ1n) is 6.62. The van der Waals surface area contributed by atoms with Crippen molar-refractivity contribution in [2.24, 2.45) is 11.8 Å². The van der Waals surface area contributed by atoms with Crippen LogP contribution in [0.25, 0.3) is 0 Å². The van der Waals surface area contributed by atoms with Gasteiger partial charge >= 0.3 is 0 Å². The monoisotopic (exact) mass is 249 g/mol. The van der Waals surface area contributed by atoms with E-state index >= 15 is 0 Å². The van der Waals surface area contributed by atoms with Crippen molar-refractivity contribution >= 4 is 5.69 Å². The van der Waals surface area contributed by atoms with Crippen LogP contribution in [0.1, 0.15) is 26.7 Å². The molecule has 3 heteroatoms. The molecule has 1 saturated carbocycles. The Morgan fingerprint density at radius 3 is 2.44 bits per heavy atom. The number of methoxy groups -OCH3 is 2. The minimum Gasteiger partial charge on any atom is -0.497 e. The Morgan fingerprint density at radius 1 is 1.17 bits per heavy atom. The largest absolute Gasteiger partial charge is 0.497 e. The van der Waals surface area contributed by atoms with E-state index in [9.17, 15) is 0 Å². The van der Waals surface area contributed by atoms with E-state index in [1.165, 1.54) is 12.8 Å². The molecule has 3 nitrogen and oxygen atoms in total. The van der Waals surface area contributed by atoms with Crippen LogP contribution in [0.2, 0.25) is 0 Å². The summed E-state index contributed by atoms with van der Waals surface area (Å²) in [7, 11) is 3.36. The fourth-order valence-electron chi connectivity index (χ4n) is 2.46. The van der Waals surface area contributed by atoms with E-state index in [2.05, 4.69) is 19.2 Å². The van der Waals surface area contributed by atoms with Gasteiger partial charge < -0.3 is 14.8 Å². The van der Waals surface area contributed by atoms with E-state index < -0.39 is 0 Å². The molecule has 1 fully saturated rings. The van der Waals surface area contributed by atoms with Gasteiger partial charge in [0.1, 0.15) is 11.5 Å². The van der Waals surface area contributed by atoms with Crippen LogP contribution in [0, 0.1) is 11.8 Å². The Morgan fingerprint density at radius 2 is 1.89 bits per heavy atom. The zero-order valence-electron chi connectivity index (χ0n) is 11.7. The lowest BCUT2D eigenvalue weighted by atomic mass is 9.73. The number of hydrogen-bond donors (Lipinski definition) is 1. The maximum atomic E-state index is 5.39. The zero-order valence-corrected chi connectivity index (χ0v) is 11.7. The quantitative estimate of drug-likeness (QED) is 0.865. The minimum absolute atomic E-state index is 0.583. The third-order valence-corrected chi connectivity index (χ3v) is 3.89. The summed E-state index contributed by atoms with van der Waals surface area (Å²) in [5.74, 6) is 3.33. The first-order valence-corrected chi connectivity index (χ1v) is 6.62. The summed E-state index contributed by atoms with van der Waals surface area (Å²) in [6, 6.07) is 6.49. The molecule has 0 atom stereocenters. The van der Waals surface area contributed by atoms with Gasteiger partial charge in [0.15, 0.2) is 0 Å². The third kappa shape index (κ3) is 2.71. The van der Waals surface area contributed by atoms with Crippen molar-refractivity contribution < 1.29 is 9.47 Å². The zero-order chi connectivity index (χ0) is 13.1. The molecule has 0 amide bonds. The van der Waals surface area contributed by atoms with Crippen molar-refractivity contribution in [3.05, 3.63) is 18.2 Å². The van der Waals surface area contributed by atoms with Crippen molar-refractivity contribution in [3.63, 3.8) is 0 Å². The van der Waals surface area contributed by atoms with Gasteiger partial charge in [-0.2, -0.15) is 0 Å². The molecule has 1 aromatic carbocycles. The molecule has 2 rings (SSSR count). The molecule has 0 spiro atoms. The van der Waals surface area contributed by atoms with E-state index in [0.717, 1.165) is 29.0 Å². The van der Waals surface area contributed by atoms with E-state index in [-0.39, 0.29) is 0 Å². The van der Waals surface area contributed by atoms with Crippen LogP contribution in [0.3, 0.4) is 0 Å². The van der Waals surface area contributed by atoms with Crippen LogP contribution in [-0.2, 0) is 0 Å². The van der Waals surface area contributed by atoms with Gasteiger partial charge in [0.2, 0.25) is 0 Å². The molecule has 1 aromatic rings. The Balaban J connectivity index is 1.98.